The lowest BCUT2D eigenvalue weighted by molar-refractivity contribution is 0.591. The topological polar surface area (TPSA) is 12.9 Å². The summed E-state index contributed by atoms with van der Waals surface area (Å²) in [6, 6.07) is 48.7. The van der Waals surface area contributed by atoms with Gasteiger partial charge in [-0.05, 0) is 83.7 Å². The first-order valence-electron chi connectivity index (χ1n) is 14.7. The molecular weight excluding hydrogens is 506 g/mol. The minimum absolute atomic E-state index is 0.0796. The summed E-state index contributed by atoms with van der Waals surface area (Å²) in [7, 11) is 0. The van der Waals surface area contributed by atoms with Crippen molar-refractivity contribution in [3.8, 4) is 33.5 Å². The summed E-state index contributed by atoms with van der Waals surface area (Å²) < 4.78 is 0. The molecule has 0 aliphatic carbocycles. The van der Waals surface area contributed by atoms with Crippen molar-refractivity contribution < 1.29 is 0 Å². The fourth-order valence-corrected chi connectivity index (χ4v) is 6.49. The third-order valence-corrected chi connectivity index (χ3v) is 8.76. The number of hydrogen-bond acceptors (Lipinski definition) is 1. The Balaban J connectivity index is 1.43. The first-order valence-corrected chi connectivity index (χ1v) is 14.7. The molecule has 0 radical (unpaired) electrons. The molecule has 0 saturated heterocycles. The first-order chi connectivity index (χ1) is 20.4. The fourth-order valence-electron chi connectivity index (χ4n) is 6.49. The summed E-state index contributed by atoms with van der Waals surface area (Å²) in [5.74, 6) is 0. The van der Waals surface area contributed by atoms with Crippen molar-refractivity contribution in [2.24, 2.45) is 0 Å². The summed E-state index contributed by atoms with van der Waals surface area (Å²) in [6.45, 7) is 6.88. The van der Waals surface area contributed by atoms with E-state index in [-0.39, 0.29) is 5.41 Å². The molecular formula is C41H31N. The van der Waals surface area contributed by atoms with Crippen molar-refractivity contribution in [2.75, 3.05) is 0 Å². The van der Waals surface area contributed by atoms with Gasteiger partial charge in [0, 0.05) is 10.9 Å². The molecule has 42 heavy (non-hydrogen) atoms. The van der Waals surface area contributed by atoms with Gasteiger partial charge < -0.3 is 0 Å². The van der Waals surface area contributed by atoms with Crippen LogP contribution in [0.15, 0.2) is 133 Å². The predicted octanol–water partition coefficient (Wildman–Crippen LogP) is 11.4. The number of benzene rings is 7. The molecule has 0 fully saturated rings. The molecule has 0 aliphatic rings. The van der Waals surface area contributed by atoms with Crippen LogP contribution >= 0.6 is 0 Å². The molecule has 0 amide bonds. The zero-order valence-electron chi connectivity index (χ0n) is 24.1. The normalized spacial score (nSPS) is 12.2. The van der Waals surface area contributed by atoms with Gasteiger partial charge in [-0.25, -0.2) is 4.98 Å². The molecule has 0 bridgehead atoms. The molecule has 1 heteroatoms. The molecule has 0 aliphatic heterocycles. The number of aromatic nitrogens is 1. The molecule has 0 spiro atoms. The van der Waals surface area contributed by atoms with E-state index in [0.717, 1.165) is 16.6 Å². The van der Waals surface area contributed by atoms with Crippen molar-refractivity contribution in [3.63, 3.8) is 0 Å². The highest BCUT2D eigenvalue weighted by molar-refractivity contribution is 6.28. The van der Waals surface area contributed by atoms with Crippen LogP contribution in [-0.4, -0.2) is 4.98 Å². The largest absolute Gasteiger partial charge is 0.248 e. The smallest absolute Gasteiger partial charge is 0.0716 e. The summed E-state index contributed by atoms with van der Waals surface area (Å²) in [4.78, 5) is 5.16. The third-order valence-electron chi connectivity index (χ3n) is 8.76. The number of para-hydroxylation sites is 1. The van der Waals surface area contributed by atoms with Gasteiger partial charge in [-0.3, -0.25) is 0 Å². The molecule has 7 aromatic carbocycles. The van der Waals surface area contributed by atoms with Gasteiger partial charge in [0.1, 0.15) is 0 Å². The quantitative estimate of drug-likeness (QED) is 0.204. The summed E-state index contributed by atoms with van der Waals surface area (Å²) in [5.41, 5.74) is 9.54. The van der Waals surface area contributed by atoms with Crippen molar-refractivity contribution in [1.82, 2.24) is 4.98 Å². The van der Waals surface area contributed by atoms with Gasteiger partial charge in [0.05, 0.1) is 11.2 Å². The van der Waals surface area contributed by atoms with E-state index in [2.05, 4.69) is 154 Å². The maximum atomic E-state index is 5.16. The molecule has 8 aromatic rings. The Morgan fingerprint density at radius 2 is 1.05 bits per heavy atom. The Morgan fingerprint density at radius 1 is 0.452 bits per heavy atom. The standard InChI is InChI=1S/C41H31N/c1-41(2,3)32-23-30-17-20-33-35(28-15-13-27(14-16-28)26-9-5-4-6-10-26)25-36(34-21-18-31(24-32)39(30)40(33)34)38-22-19-29-11-7-8-12-37(29)42-38/h4-25H,1-3H3. The number of pyridine rings is 1. The second-order valence-electron chi connectivity index (χ2n) is 12.5. The number of rotatable bonds is 3. The van der Waals surface area contributed by atoms with E-state index in [1.54, 1.807) is 0 Å². The lowest BCUT2D eigenvalue weighted by Gasteiger charge is -2.22. The molecule has 0 saturated carbocycles. The van der Waals surface area contributed by atoms with Crippen molar-refractivity contribution in [3.05, 3.63) is 139 Å². The van der Waals surface area contributed by atoms with Crippen LogP contribution in [0.4, 0.5) is 0 Å². The summed E-state index contributed by atoms with van der Waals surface area (Å²) >= 11 is 0. The van der Waals surface area contributed by atoms with Crippen molar-refractivity contribution in [2.45, 2.75) is 26.2 Å². The van der Waals surface area contributed by atoms with E-state index in [4.69, 9.17) is 4.98 Å². The summed E-state index contributed by atoms with van der Waals surface area (Å²) in [5, 5.41) is 8.94. The van der Waals surface area contributed by atoms with Crippen LogP contribution in [0.5, 0.6) is 0 Å². The zero-order chi connectivity index (χ0) is 28.4. The van der Waals surface area contributed by atoms with E-state index in [9.17, 15) is 0 Å². The molecule has 200 valence electrons. The molecule has 8 rings (SSSR count). The third kappa shape index (κ3) is 3.96. The maximum Gasteiger partial charge on any atom is 0.0716 e. The van der Waals surface area contributed by atoms with Gasteiger partial charge in [0.2, 0.25) is 0 Å². The molecule has 1 heterocycles. The van der Waals surface area contributed by atoms with Gasteiger partial charge in [0.15, 0.2) is 0 Å². The highest BCUT2D eigenvalue weighted by Gasteiger charge is 2.20. The molecule has 1 nitrogen and oxygen atoms in total. The second-order valence-corrected chi connectivity index (χ2v) is 12.5. The van der Waals surface area contributed by atoms with Crippen LogP contribution in [0.25, 0.3) is 76.7 Å². The minimum atomic E-state index is 0.0796. The summed E-state index contributed by atoms with van der Waals surface area (Å²) in [6.07, 6.45) is 0. The molecule has 0 N–H and O–H groups in total. The average molecular weight is 538 g/mol. The van der Waals surface area contributed by atoms with Gasteiger partial charge in [-0.1, -0.05) is 136 Å². The van der Waals surface area contributed by atoms with Crippen LogP contribution in [-0.2, 0) is 5.41 Å². The van der Waals surface area contributed by atoms with Crippen LogP contribution in [0, 0.1) is 0 Å². The Labute approximate surface area is 246 Å². The molecule has 0 atom stereocenters. The number of hydrogen-bond donors (Lipinski definition) is 0. The Kier molecular flexibility index (Phi) is 5.46. The minimum Gasteiger partial charge on any atom is -0.248 e. The predicted molar refractivity (Wildman–Crippen MR) is 180 cm³/mol. The second kappa shape index (κ2) is 9.26. The van der Waals surface area contributed by atoms with E-state index >= 15 is 0 Å². The van der Waals surface area contributed by atoms with Gasteiger partial charge in [0.25, 0.3) is 0 Å². The Bertz CT molecular complexity index is 2230. The first kappa shape index (κ1) is 24.8. The van der Waals surface area contributed by atoms with Crippen LogP contribution < -0.4 is 0 Å². The number of nitrogens with zero attached hydrogens (tertiary/aromatic N) is 1. The molecule has 1 aromatic heterocycles. The fraction of sp³-hybridized carbons (Fsp3) is 0.0976. The SMILES string of the molecule is CC(C)(C)c1cc2ccc3c(-c4ccc(-c5ccccc5)cc4)cc(-c4ccc5ccccc5n4)c4ccc(c1)c2c34. The monoisotopic (exact) mass is 537 g/mol. The molecule has 0 unspecified atom stereocenters. The highest BCUT2D eigenvalue weighted by atomic mass is 14.7. The van der Waals surface area contributed by atoms with E-state index in [0.29, 0.717) is 0 Å². The zero-order valence-corrected chi connectivity index (χ0v) is 24.1. The lowest BCUT2D eigenvalue weighted by atomic mass is 9.82. The van der Waals surface area contributed by atoms with E-state index in [1.165, 1.54) is 65.7 Å². The number of fused-ring (bicyclic) bond motifs is 1. The van der Waals surface area contributed by atoms with Crippen LogP contribution in [0.1, 0.15) is 26.3 Å². The van der Waals surface area contributed by atoms with Gasteiger partial charge >= 0.3 is 0 Å². The Morgan fingerprint density at radius 3 is 1.76 bits per heavy atom. The van der Waals surface area contributed by atoms with E-state index in [1.807, 2.05) is 0 Å². The lowest BCUT2D eigenvalue weighted by Crippen LogP contribution is -2.10. The average Bonchev–Trinajstić information content (AvgIpc) is 3.03. The highest BCUT2D eigenvalue weighted by Crippen LogP contribution is 2.45. The van der Waals surface area contributed by atoms with Crippen molar-refractivity contribution >= 4 is 43.2 Å². The van der Waals surface area contributed by atoms with Gasteiger partial charge in [-0.2, -0.15) is 0 Å². The van der Waals surface area contributed by atoms with Crippen molar-refractivity contribution in [1.29, 1.82) is 0 Å². The maximum absolute atomic E-state index is 5.16. The van der Waals surface area contributed by atoms with E-state index < -0.39 is 0 Å². The van der Waals surface area contributed by atoms with Crippen LogP contribution in [0.3, 0.4) is 0 Å². The van der Waals surface area contributed by atoms with Gasteiger partial charge in [-0.15, -0.1) is 0 Å². The van der Waals surface area contributed by atoms with Crippen LogP contribution in [0.2, 0.25) is 0 Å². The Hall–Kier alpha value is -5.01.